The van der Waals surface area contributed by atoms with Gasteiger partial charge in [0.05, 0.1) is 12.7 Å². The molecule has 148 valence electrons. The molecule has 0 atom stereocenters. The first-order valence-electron chi connectivity index (χ1n) is 8.29. The predicted molar refractivity (Wildman–Crippen MR) is 112 cm³/mol. The Labute approximate surface area is 173 Å². The van der Waals surface area contributed by atoms with E-state index in [2.05, 4.69) is 16.8 Å². The molecule has 0 saturated heterocycles. The molecule has 0 aliphatic rings. The summed E-state index contributed by atoms with van der Waals surface area (Å²) in [5, 5.41) is 11.1. The second-order valence-electron chi connectivity index (χ2n) is 5.87. The van der Waals surface area contributed by atoms with Crippen LogP contribution in [0.3, 0.4) is 0 Å². The number of carboxylic acids is 1. The second kappa shape index (κ2) is 8.77. The van der Waals surface area contributed by atoms with Crippen molar-refractivity contribution in [3.05, 3.63) is 69.5 Å². The minimum atomic E-state index is -3.10. The molecule has 0 radical (unpaired) electrons. The Morgan fingerprint density at radius 3 is 2.52 bits per heavy atom. The van der Waals surface area contributed by atoms with Gasteiger partial charge < -0.3 is 9.84 Å². The number of aromatic nitrogens is 1. The van der Waals surface area contributed by atoms with E-state index in [-0.39, 0.29) is 22.8 Å². The van der Waals surface area contributed by atoms with Crippen molar-refractivity contribution in [1.29, 1.82) is 0 Å². The minimum absolute atomic E-state index is 0.0189. The molecule has 1 heterocycles. The third kappa shape index (κ3) is 4.74. The highest BCUT2D eigenvalue weighted by molar-refractivity contribution is 7.74. The van der Waals surface area contributed by atoms with Crippen LogP contribution in [0, 0.1) is 18.8 Å². The van der Waals surface area contributed by atoms with Crippen molar-refractivity contribution in [1.82, 2.24) is 4.98 Å². The van der Waals surface area contributed by atoms with E-state index in [0.717, 1.165) is 15.4 Å². The number of carbonyl (C=O) groups is 1. The van der Waals surface area contributed by atoms with Gasteiger partial charge in [-0.15, -0.1) is 11.3 Å². The number of aryl methyl sites for hydroxylation is 1. The third-order valence-electron chi connectivity index (χ3n) is 3.89. The lowest BCUT2D eigenvalue weighted by atomic mass is 10.2. The summed E-state index contributed by atoms with van der Waals surface area (Å²) in [6.07, 6.45) is 0. The lowest BCUT2D eigenvalue weighted by molar-refractivity contribution is 0.0696. The number of ether oxygens (including phenoxy) is 1. The zero-order chi connectivity index (χ0) is 21.0. The van der Waals surface area contributed by atoms with Crippen LogP contribution in [0.15, 0.2) is 47.8 Å². The first kappa shape index (κ1) is 20.4. The van der Waals surface area contributed by atoms with Gasteiger partial charge in [-0.3, -0.25) is 0 Å². The van der Waals surface area contributed by atoms with Gasteiger partial charge in [-0.25, -0.2) is 22.5 Å². The molecular weight excluding hydrogens is 412 g/mol. The predicted octanol–water partition coefficient (Wildman–Crippen LogP) is 3.22. The quantitative estimate of drug-likeness (QED) is 0.478. The molecule has 7 nitrogen and oxygen atoms in total. The van der Waals surface area contributed by atoms with E-state index < -0.39 is 16.9 Å². The average molecular weight is 428 g/mol. The van der Waals surface area contributed by atoms with E-state index in [1.165, 1.54) is 36.6 Å². The van der Waals surface area contributed by atoms with E-state index in [1.807, 2.05) is 31.2 Å². The number of hydrogen-bond acceptors (Lipinski definition) is 6. The fourth-order valence-corrected chi connectivity index (χ4v) is 3.78. The molecule has 0 aliphatic carbocycles. The topological polar surface area (TPSA) is 96.8 Å². The Hall–Kier alpha value is -3.35. The minimum Gasteiger partial charge on any atom is -0.495 e. The van der Waals surface area contributed by atoms with Crippen molar-refractivity contribution in [3.8, 4) is 17.6 Å². The molecular formula is C20H16N2O5S2. The molecule has 0 saturated carbocycles. The van der Waals surface area contributed by atoms with Crippen molar-refractivity contribution in [3.63, 3.8) is 0 Å². The number of methoxy groups -OCH3 is 1. The molecule has 2 aromatic carbocycles. The van der Waals surface area contributed by atoms with Crippen molar-refractivity contribution in [2.24, 2.45) is 0 Å². The Bertz CT molecular complexity index is 1180. The van der Waals surface area contributed by atoms with Crippen LogP contribution in [0.4, 0.5) is 11.5 Å². The zero-order valence-corrected chi connectivity index (χ0v) is 17.2. The molecule has 3 aromatic rings. The van der Waals surface area contributed by atoms with Gasteiger partial charge in [0.15, 0.2) is 10.8 Å². The summed E-state index contributed by atoms with van der Waals surface area (Å²) < 4.78 is 30.0. The van der Waals surface area contributed by atoms with Crippen LogP contribution >= 0.6 is 11.3 Å². The SMILES string of the molecule is COc1cc(C(=O)O)ccc1N(c1csc(C#Cc2ccc(C)cc2)n1)[SH](=O)=O. The molecule has 0 amide bonds. The van der Waals surface area contributed by atoms with E-state index in [9.17, 15) is 13.2 Å². The van der Waals surface area contributed by atoms with Crippen molar-refractivity contribution >= 4 is 39.7 Å². The van der Waals surface area contributed by atoms with Gasteiger partial charge in [0.25, 0.3) is 0 Å². The Kier molecular flexibility index (Phi) is 6.16. The maximum absolute atomic E-state index is 11.9. The largest absolute Gasteiger partial charge is 0.495 e. The maximum atomic E-state index is 11.9. The summed E-state index contributed by atoms with van der Waals surface area (Å²) in [6, 6.07) is 11.6. The number of hydrogen-bond donors (Lipinski definition) is 2. The number of anilines is 2. The van der Waals surface area contributed by atoms with Crippen LogP contribution in [-0.2, 0) is 10.9 Å². The number of nitrogens with zero attached hydrogens (tertiary/aromatic N) is 2. The highest BCUT2D eigenvalue weighted by Gasteiger charge is 2.20. The monoisotopic (exact) mass is 428 g/mol. The molecule has 1 aromatic heterocycles. The summed E-state index contributed by atoms with van der Waals surface area (Å²) in [5.74, 6) is 5.03. The Morgan fingerprint density at radius 1 is 1.17 bits per heavy atom. The van der Waals surface area contributed by atoms with Gasteiger partial charge in [-0.05, 0) is 43.2 Å². The maximum Gasteiger partial charge on any atom is 0.335 e. The smallest absolute Gasteiger partial charge is 0.335 e. The number of thiazole rings is 1. The van der Waals surface area contributed by atoms with Crippen LogP contribution in [0.5, 0.6) is 5.75 Å². The average Bonchev–Trinajstić information content (AvgIpc) is 3.16. The summed E-state index contributed by atoms with van der Waals surface area (Å²) in [7, 11) is -1.77. The standard InChI is InChI=1S/C20H16N2O5S2/c1-13-3-5-14(6-4-13)7-10-19-21-18(12-28-19)22(29(25)26)16-9-8-15(20(23)24)11-17(16)27-2/h3-6,8-9,11-12,29H,1-2H3,(H,23,24). The summed E-state index contributed by atoms with van der Waals surface area (Å²) in [4.78, 5) is 15.4. The Balaban J connectivity index is 1.96. The van der Waals surface area contributed by atoms with E-state index >= 15 is 0 Å². The zero-order valence-electron chi connectivity index (χ0n) is 15.4. The number of rotatable bonds is 5. The molecule has 0 bridgehead atoms. The Morgan fingerprint density at radius 2 is 1.90 bits per heavy atom. The first-order valence-corrected chi connectivity index (χ1v) is 10.3. The summed E-state index contributed by atoms with van der Waals surface area (Å²) >= 11 is 1.21. The van der Waals surface area contributed by atoms with Crippen LogP contribution in [0.2, 0.25) is 0 Å². The summed E-state index contributed by atoms with van der Waals surface area (Å²) in [5.41, 5.74) is 2.10. The second-order valence-corrected chi connectivity index (χ2v) is 7.60. The van der Waals surface area contributed by atoms with Gasteiger partial charge in [0.2, 0.25) is 10.9 Å². The fraction of sp³-hybridized carbons (Fsp3) is 0.100. The van der Waals surface area contributed by atoms with Gasteiger partial charge in [-0.2, -0.15) is 0 Å². The summed E-state index contributed by atoms with van der Waals surface area (Å²) in [6.45, 7) is 1.99. The molecule has 29 heavy (non-hydrogen) atoms. The number of carboxylic acid groups (broad SMARTS) is 1. The third-order valence-corrected chi connectivity index (χ3v) is 5.38. The molecule has 0 unspecified atom stereocenters. The molecule has 0 spiro atoms. The molecule has 9 heteroatoms. The van der Waals surface area contributed by atoms with Crippen molar-refractivity contribution in [2.75, 3.05) is 11.4 Å². The molecule has 3 rings (SSSR count). The van der Waals surface area contributed by atoms with Crippen LogP contribution < -0.4 is 9.04 Å². The van der Waals surface area contributed by atoms with Gasteiger partial charge in [-0.1, -0.05) is 23.6 Å². The first-order chi connectivity index (χ1) is 13.9. The lowest BCUT2D eigenvalue weighted by Crippen LogP contribution is -2.16. The van der Waals surface area contributed by atoms with Crippen LogP contribution in [0.25, 0.3) is 0 Å². The fourth-order valence-electron chi connectivity index (χ4n) is 2.46. The number of benzene rings is 2. The highest BCUT2D eigenvalue weighted by atomic mass is 32.2. The van der Waals surface area contributed by atoms with E-state index in [0.29, 0.717) is 5.01 Å². The van der Waals surface area contributed by atoms with Crippen LogP contribution in [0.1, 0.15) is 26.5 Å². The lowest BCUT2D eigenvalue weighted by Gasteiger charge is -2.18. The van der Waals surface area contributed by atoms with Gasteiger partial charge >= 0.3 is 5.97 Å². The number of thiol groups is 1. The molecule has 0 aliphatic heterocycles. The van der Waals surface area contributed by atoms with Crippen molar-refractivity contribution in [2.45, 2.75) is 6.92 Å². The van der Waals surface area contributed by atoms with E-state index in [4.69, 9.17) is 9.84 Å². The van der Waals surface area contributed by atoms with Crippen LogP contribution in [-0.4, -0.2) is 31.6 Å². The van der Waals surface area contributed by atoms with Gasteiger partial charge in [0, 0.05) is 10.9 Å². The molecule has 1 N–H and O–H groups in total. The normalized spacial score (nSPS) is 10.3. The van der Waals surface area contributed by atoms with Crippen molar-refractivity contribution < 1.29 is 23.1 Å². The van der Waals surface area contributed by atoms with E-state index in [1.54, 1.807) is 5.38 Å². The highest BCUT2D eigenvalue weighted by Crippen LogP contribution is 2.35. The molecule has 0 fully saturated rings. The number of aromatic carboxylic acids is 1. The van der Waals surface area contributed by atoms with Gasteiger partial charge in [0.1, 0.15) is 11.4 Å².